The molecule has 1 aromatic carbocycles. The Morgan fingerprint density at radius 3 is 2.68 bits per heavy atom. The molecule has 122 valence electrons. The fourth-order valence-electron chi connectivity index (χ4n) is 2.10. The number of hydrogen-bond acceptors (Lipinski definition) is 4. The molecule has 4 heteroatoms. The van der Waals surface area contributed by atoms with E-state index in [-0.39, 0.29) is 5.97 Å². The molecule has 0 amide bonds. The highest BCUT2D eigenvalue weighted by Gasteiger charge is 2.11. The number of benzene rings is 1. The lowest BCUT2D eigenvalue weighted by Gasteiger charge is -2.15. The summed E-state index contributed by atoms with van der Waals surface area (Å²) < 4.78 is 5.02. The zero-order chi connectivity index (χ0) is 16.4. The molecule has 1 aromatic rings. The highest BCUT2D eigenvalue weighted by Crippen LogP contribution is 2.19. The van der Waals surface area contributed by atoms with Crippen LogP contribution in [0.15, 0.2) is 29.3 Å². The fraction of sp³-hybridized carbons (Fsp3) is 0.556. The van der Waals surface area contributed by atoms with Crippen molar-refractivity contribution in [2.75, 3.05) is 6.61 Å². The van der Waals surface area contributed by atoms with Crippen molar-refractivity contribution in [1.29, 1.82) is 0 Å². The molecule has 4 nitrogen and oxygen atoms in total. The van der Waals surface area contributed by atoms with E-state index in [9.17, 15) is 9.90 Å². The molecule has 0 unspecified atom stereocenters. The molecule has 0 saturated heterocycles. The lowest BCUT2D eigenvalue weighted by atomic mass is 10.0. The van der Waals surface area contributed by atoms with Crippen LogP contribution in [0.1, 0.15) is 63.2 Å². The van der Waals surface area contributed by atoms with E-state index in [1.165, 1.54) is 0 Å². The number of esters is 1. The van der Waals surface area contributed by atoms with Crippen molar-refractivity contribution in [2.24, 2.45) is 4.99 Å². The minimum Gasteiger partial charge on any atom is -0.462 e. The van der Waals surface area contributed by atoms with Gasteiger partial charge in [-0.15, -0.1) is 0 Å². The summed E-state index contributed by atoms with van der Waals surface area (Å²) >= 11 is 0. The van der Waals surface area contributed by atoms with E-state index >= 15 is 0 Å². The van der Waals surface area contributed by atoms with Crippen molar-refractivity contribution in [1.82, 2.24) is 0 Å². The molecular formula is C18H27NO3. The Morgan fingerprint density at radius 1 is 1.27 bits per heavy atom. The molecule has 0 atom stereocenters. The summed E-state index contributed by atoms with van der Waals surface area (Å²) in [6.45, 7) is 5.82. The maximum absolute atomic E-state index is 11.8. The van der Waals surface area contributed by atoms with Crippen LogP contribution in [-0.2, 0) is 4.74 Å². The average Bonchev–Trinajstić information content (AvgIpc) is 2.46. The molecule has 1 rings (SSSR count). The van der Waals surface area contributed by atoms with Crippen molar-refractivity contribution in [3.05, 3.63) is 29.8 Å². The number of aliphatic imine (C=N–C) groups is 1. The monoisotopic (exact) mass is 305 g/mol. The van der Waals surface area contributed by atoms with Gasteiger partial charge in [0.1, 0.15) is 0 Å². The van der Waals surface area contributed by atoms with Crippen molar-refractivity contribution in [3.63, 3.8) is 0 Å². The van der Waals surface area contributed by atoms with E-state index in [0.29, 0.717) is 17.9 Å². The van der Waals surface area contributed by atoms with Gasteiger partial charge in [0.25, 0.3) is 0 Å². The average molecular weight is 305 g/mol. The third-order valence-electron chi connectivity index (χ3n) is 3.25. The fourth-order valence-corrected chi connectivity index (χ4v) is 2.10. The lowest BCUT2D eigenvalue weighted by Crippen LogP contribution is -2.17. The maximum Gasteiger partial charge on any atom is 0.340 e. The first kappa shape index (κ1) is 18.4. The van der Waals surface area contributed by atoms with Crippen LogP contribution in [0.25, 0.3) is 0 Å². The molecule has 0 bridgehead atoms. The second kappa shape index (κ2) is 9.36. The van der Waals surface area contributed by atoms with Crippen LogP contribution in [0.2, 0.25) is 0 Å². The first-order valence-corrected chi connectivity index (χ1v) is 7.95. The number of hydrogen-bond donors (Lipinski definition) is 1. The van der Waals surface area contributed by atoms with E-state index in [0.717, 1.165) is 32.1 Å². The van der Waals surface area contributed by atoms with Crippen molar-refractivity contribution in [3.8, 4) is 0 Å². The van der Waals surface area contributed by atoms with Gasteiger partial charge in [0.05, 0.1) is 23.5 Å². The van der Waals surface area contributed by atoms with E-state index in [1.54, 1.807) is 13.0 Å². The van der Waals surface area contributed by atoms with Gasteiger partial charge < -0.3 is 9.84 Å². The van der Waals surface area contributed by atoms with Gasteiger partial charge in [-0.3, -0.25) is 4.99 Å². The van der Waals surface area contributed by atoms with Gasteiger partial charge in [0.2, 0.25) is 0 Å². The SMILES string of the molecule is CCOC(=O)c1ccccc1N=CCCCCCC(C)(C)O. The molecule has 0 aliphatic heterocycles. The first-order chi connectivity index (χ1) is 10.4. The second-order valence-electron chi connectivity index (χ2n) is 5.96. The van der Waals surface area contributed by atoms with Crippen LogP contribution in [0, 0.1) is 0 Å². The number of nitrogens with zero attached hydrogens (tertiary/aromatic N) is 1. The quantitative estimate of drug-likeness (QED) is 0.420. The number of carbonyl (C=O) groups is 1. The summed E-state index contributed by atoms with van der Waals surface area (Å²) in [7, 11) is 0. The van der Waals surface area contributed by atoms with Crippen molar-refractivity contribution >= 4 is 17.9 Å². The molecule has 0 radical (unpaired) electrons. The van der Waals surface area contributed by atoms with E-state index in [4.69, 9.17) is 4.74 Å². The summed E-state index contributed by atoms with van der Waals surface area (Å²) in [6.07, 6.45) is 6.63. The molecule has 0 aliphatic rings. The van der Waals surface area contributed by atoms with Gasteiger partial charge >= 0.3 is 5.97 Å². The molecule has 0 saturated carbocycles. The van der Waals surface area contributed by atoms with Gasteiger partial charge in [-0.1, -0.05) is 25.0 Å². The third-order valence-corrected chi connectivity index (χ3v) is 3.25. The first-order valence-electron chi connectivity index (χ1n) is 7.95. The molecule has 0 spiro atoms. The van der Waals surface area contributed by atoms with E-state index in [1.807, 2.05) is 38.3 Å². The van der Waals surface area contributed by atoms with Crippen LogP contribution >= 0.6 is 0 Å². The number of para-hydroxylation sites is 1. The zero-order valence-electron chi connectivity index (χ0n) is 13.8. The van der Waals surface area contributed by atoms with Gasteiger partial charge in [0, 0.05) is 6.21 Å². The molecule has 0 aromatic heterocycles. The number of aliphatic hydroxyl groups is 1. The van der Waals surface area contributed by atoms with Gasteiger partial charge in [-0.05, 0) is 52.2 Å². The largest absolute Gasteiger partial charge is 0.462 e. The lowest BCUT2D eigenvalue weighted by molar-refractivity contribution is 0.0527. The standard InChI is InChI=1S/C18H27NO3/c1-4-22-17(20)15-11-7-8-12-16(15)19-14-10-6-5-9-13-18(2,3)21/h7-8,11-12,14,21H,4-6,9-10,13H2,1-3H3. The topological polar surface area (TPSA) is 58.9 Å². The predicted molar refractivity (Wildman–Crippen MR) is 89.9 cm³/mol. The number of carbonyl (C=O) groups excluding carboxylic acids is 1. The highest BCUT2D eigenvalue weighted by atomic mass is 16.5. The van der Waals surface area contributed by atoms with Crippen LogP contribution in [-0.4, -0.2) is 29.5 Å². The maximum atomic E-state index is 11.8. The van der Waals surface area contributed by atoms with Crippen LogP contribution in [0.4, 0.5) is 5.69 Å². The smallest absolute Gasteiger partial charge is 0.340 e. The summed E-state index contributed by atoms with van der Waals surface area (Å²) in [5.74, 6) is -0.333. The molecule has 22 heavy (non-hydrogen) atoms. The molecule has 1 N–H and O–H groups in total. The Morgan fingerprint density at radius 2 is 2.00 bits per heavy atom. The summed E-state index contributed by atoms with van der Waals surface area (Å²) in [5, 5.41) is 9.63. The Kier molecular flexibility index (Phi) is 7.82. The molecule has 0 fully saturated rings. The Labute approximate surface area is 133 Å². The zero-order valence-corrected chi connectivity index (χ0v) is 13.8. The Balaban J connectivity index is 2.42. The third kappa shape index (κ3) is 7.36. The van der Waals surface area contributed by atoms with Gasteiger partial charge in [0.15, 0.2) is 0 Å². The number of unbranched alkanes of at least 4 members (excludes halogenated alkanes) is 3. The Hall–Kier alpha value is -1.68. The van der Waals surface area contributed by atoms with Crippen molar-refractivity contribution in [2.45, 2.75) is 58.5 Å². The molecule has 0 aliphatic carbocycles. The summed E-state index contributed by atoms with van der Waals surface area (Å²) in [5.41, 5.74) is 0.576. The summed E-state index contributed by atoms with van der Waals surface area (Å²) in [4.78, 5) is 16.2. The van der Waals surface area contributed by atoms with Gasteiger partial charge in [-0.25, -0.2) is 4.79 Å². The highest BCUT2D eigenvalue weighted by molar-refractivity contribution is 5.95. The minimum absolute atomic E-state index is 0.333. The van der Waals surface area contributed by atoms with Crippen molar-refractivity contribution < 1.29 is 14.6 Å². The predicted octanol–water partition coefficient (Wildman–Crippen LogP) is 4.29. The van der Waals surface area contributed by atoms with Crippen LogP contribution in [0.3, 0.4) is 0 Å². The second-order valence-corrected chi connectivity index (χ2v) is 5.96. The van der Waals surface area contributed by atoms with Crippen LogP contribution < -0.4 is 0 Å². The molecule has 0 heterocycles. The summed E-state index contributed by atoms with van der Waals surface area (Å²) in [6, 6.07) is 7.21. The van der Waals surface area contributed by atoms with Crippen LogP contribution in [0.5, 0.6) is 0 Å². The van der Waals surface area contributed by atoms with Gasteiger partial charge in [-0.2, -0.15) is 0 Å². The molecular weight excluding hydrogens is 278 g/mol. The number of ether oxygens (including phenoxy) is 1. The normalized spacial score (nSPS) is 11.8. The number of rotatable bonds is 9. The Bertz CT molecular complexity index is 489. The van der Waals surface area contributed by atoms with E-state index in [2.05, 4.69) is 4.99 Å². The minimum atomic E-state index is -0.577. The van der Waals surface area contributed by atoms with E-state index < -0.39 is 5.60 Å².